The highest BCUT2D eigenvalue weighted by Gasteiger charge is 2.22. The highest BCUT2D eigenvalue weighted by atomic mass is 15.0. The molecule has 1 aromatic heterocycles. The van der Waals surface area contributed by atoms with Gasteiger partial charge in [0.2, 0.25) is 0 Å². The zero-order valence-corrected chi connectivity index (χ0v) is 14.3. The summed E-state index contributed by atoms with van der Waals surface area (Å²) in [5.41, 5.74) is 9.47. The van der Waals surface area contributed by atoms with E-state index in [9.17, 15) is 0 Å². The fourth-order valence-corrected chi connectivity index (χ4v) is 4.53. The number of para-hydroxylation sites is 2. The van der Waals surface area contributed by atoms with Gasteiger partial charge in [0.25, 0.3) is 0 Å². The van der Waals surface area contributed by atoms with Gasteiger partial charge in [0, 0.05) is 17.2 Å². The van der Waals surface area contributed by atoms with Gasteiger partial charge in [0.05, 0.1) is 16.7 Å². The summed E-state index contributed by atoms with van der Waals surface area (Å²) in [5, 5.41) is 2.63. The average Bonchev–Trinajstić information content (AvgIpc) is 3.24. The predicted octanol–water partition coefficient (Wildman–Crippen LogP) is 6.35. The Morgan fingerprint density at radius 2 is 1.15 bits per heavy atom. The van der Waals surface area contributed by atoms with E-state index in [1.54, 1.807) is 0 Å². The van der Waals surface area contributed by atoms with E-state index >= 15 is 0 Å². The number of rotatable bonds is 1. The quantitative estimate of drug-likeness (QED) is 0.330. The second kappa shape index (κ2) is 5.09. The van der Waals surface area contributed by atoms with Crippen LogP contribution in [-0.4, -0.2) is 4.57 Å². The van der Waals surface area contributed by atoms with Gasteiger partial charge < -0.3 is 4.57 Å². The molecule has 0 atom stereocenters. The Hall–Kier alpha value is -3.32. The summed E-state index contributed by atoms with van der Waals surface area (Å²) in [6, 6.07) is 33.0. The van der Waals surface area contributed by atoms with Gasteiger partial charge in [-0.15, -0.1) is 0 Å². The van der Waals surface area contributed by atoms with Crippen LogP contribution in [-0.2, 0) is 6.42 Å². The molecule has 0 N–H and O–H groups in total. The van der Waals surface area contributed by atoms with Crippen molar-refractivity contribution in [1.82, 2.24) is 4.57 Å². The van der Waals surface area contributed by atoms with Crippen molar-refractivity contribution < 1.29 is 0 Å². The topological polar surface area (TPSA) is 4.93 Å². The third kappa shape index (κ3) is 1.75. The SMILES string of the molecule is c1ccc2c(c1)Cc1c-2cccc1-n1c2ccccc2c2ccccc21. The maximum Gasteiger partial charge on any atom is 0.0541 e. The van der Waals surface area contributed by atoms with Crippen molar-refractivity contribution in [2.45, 2.75) is 6.42 Å². The molecule has 6 rings (SSSR count). The number of hydrogen-bond donors (Lipinski definition) is 0. The molecular weight excluding hydrogens is 314 g/mol. The lowest BCUT2D eigenvalue weighted by Crippen LogP contribution is -1.98. The second-order valence-corrected chi connectivity index (χ2v) is 7.01. The van der Waals surface area contributed by atoms with Gasteiger partial charge in [0.15, 0.2) is 0 Å². The van der Waals surface area contributed by atoms with Gasteiger partial charge in [-0.1, -0.05) is 72.8 Å². The molecule has 0 bridgehead atoms. The number of fused-ring (bicyclic) bond motifs is 6. The number of benzene rings is 4. The van der Waals surface area contributed by atoms with Crippen molar-refractivity contribution in [2.24, 2.45) is 0 Å². The summed E-state index contributed by atoms with van der Waals surface area (Å²) in [4.78, 5) is 0. The fraction of sp³-hybridized carbons (Fsp3) is 0.0400. The molecule has 0 unspecified atom stereocenters. The van der Waals surface area contributed by atoms with E-state index in [0.29, 0.717) is 0 Å². The first kappa shape index (κ1) is 13.9. The van der Waals surface area contributed by atoms with Gasteiger partial charge in [-0.3, -0.25) is 0 Å². The Balaban J connectivity index is 1.74. The number of nitrogens with zero attached hydrogens (tertiary/aromatic N) is 1. The Morgan fingerprint density at radius 3 is 1.92 bits per heavy atom. The molecule has 1 aliphatic rings. The number of hydrogen-bond acceptors (Lipinski definition) is 0. The monoisotopic (exact) mass is 331 g/mol. The first-order valence-corrected chi connectivity index (χ1v) is 9.10. The van der Waals surface area contributed by atoms with Crippen LogP contribution in [0.4, 0.5) is 0 Å². The van der Waals surface area contributed by atoms with Crippen LogP contribution in [0.2, 0.25) is 0 Å². The first-order chi connectivity index (χ1) is 12.9. The predicted molar refractivity (Wildman–Crippen MR) is 109 cm³/mol. The van der Waals surface area contributed by atoms with Crippen LogP contribution < -0.4 is 0 Å². The van der Waals surface area contributed by atoms with Crippen LogP contribution in [0.5, 0.6) is 0 Å². The summed E-state index contributed by atoms with van der Waals surface area (Å²) in [5.74, 6) is 0. The van der Waals surface area contributed by atoms with E-state index in [1.165, 1.54) is 49.7 Å². The molecule has 1 nitrogen and oxygen atoms in total. The lowest BCUT2D eigenvalue weighted by atomic mass is 10.0. The summed E-state index contributed by atoms with van der Waals surface area (Å²) in [7, 11) is 0. The van der Waals surface area contributed by atoms with E-state index in [1.807, 2.05) is 0 Å². The zero-order valence-electron chi connectivity index (χ0n) is 14.3. The molecule has 0 amide bonds. The van der Waals surface area contributed by atoms with Crippen LogP contribution in [0.3, 0.4) is 0 Å². The molecule has 4 aromatic carbocycles. The normalized spacial score (nSPS) is 12.5. The third-order valence-corrected chi connectivity index (χ3v) is 5.65. The van der Waals surface area contributed by atoms with E-state index in [-0.39, 0.29) is 0 Å². The van der Waals surface area contributed by atoms with E-state index in [4.69, 9.17) is 0 Å². The molecule has 0 radical (unpaired) electrons. The molecule has 1 aliphatic carbocycles. The van der Waals surface area contributed by atoms with Crippen LogP contribution in [0.1, 0.15) is 11.1 Å². The van der Waals surface area contributed by atoms with Crippen molar-refractivity contribution in [2.75, 3.05) is 0 Å². The summed E-state index contributed by atoms with van der Waals surface area (Å²) in [6.07, 6.45) is 1.00. The molecular formula is C25H17N. The van der Waals surface area contributed by atoms with Crippen LogP contribution in [0, 0.1) is 0 Å². The van der Waals surface area contributed by atoms with Crippen LogP contribution >= 0.6 is 0 Å². The first-order valence-electron chi connectivity index (χ1n) is 9.10. The minimum absolute atomic E-state index is 1.00. The highest BCUT2D eigenvalue weighted by molar-refractivity contribution is 6.09. The molecule has 5 aromatic rings. The molecule has 0 saturated heterocycles. The Morgan fingerprint density at radius 1 is 0.538 bits per heavy atom. The molecule has 1 heterocycles. The van der Waals surface area contributed by atoms with Crippen molar-refractivity contribution in [3.63, 3.8) is 0 Å². The smallest absolute Gasteiger partial charge is 0.0541 e. The van der Waals surface area contributed by atoms with Crippen molar-refractivity contribution in [3.8, 4) is 16.8 Å². The lowest BCUT2D eigenvalue weighted by molar-refractivity contribution is 1.12. The van der Waals surface area contributed by atoms with Crippen molar-refractivity contribution >= 4 is 21.8 Å². The van der Waals surface area contributed by atoms with Crippen molar-refractivity contribution in [3.05, 3.63) is 102 Å². The molecule has 0 aliphatic heterocycles. The lowest BCUT2D eigenvalue weighted by Gasteiger charge is -2.13. The summed E-state index contributed by atoms with van der Waals surface area (Å²) in [6.45, 7) is 0. The second-order valence-electron chi connectivity index (χ2n) is 7.01. The molecule has 26 heavy (non-hydrogen) atoms. The van der Waals surface area contributed by atoms with Crippen LogP contribution in [0.15, 0.2) is 91.0 Å². The molecule has 0 fully saturated rings. The number of aromatic nitrogens is 1. The van der Waals surface area contributed by atoms with Gasteiger partial charge in [-0.05, 0) is 40.5 Å². The van der Waals surface area contributed by atoms with Gasteiger partial charge >= 0.3 is 0 Å². The molecule has 0 saturated carbocycles. The van der Waals surface area contributed by atoms with Gasteiger partial charge in [-0.25, -0.2) is 0 Å². The molecule has 122 valence electrons. The maximum atomic E-state index is 2.44. The summed E-state index contributed by atoms with van der Waals surface area (Å²) < 4.78 is 2.44. The minimum atomic E-state index is 1.00. The highest BCUT2D eigenvalue weighted by Crippen LogP contribution is 2.41. The maximum absolute atomic E-state index is 2.44. The zero-order chi connectivity index (χ0) is 17.1. The van der Waals surface area contributed by atoms with Crippen LogP contribution in [0.25, 0.3) is 38.6 Å². The molecule has 0 spiro atoms. The molecule has 1 heteroatoms. The Kier molecular flexibility index (Phi) is 2.72. The average molecular weight is 331 g/mol. The van der Waals surface area contributed by atoms with E-state index in [0.717, 1.165) is 6.42 Å². The third-order valence-electron chi connectivity index (χ3n) is 5.65. The van der Waals surface area contributed by atoms with Gasteiger partial charge in [-0.2, -0.15) is 0 Å². The van der Waals surface area contributed by atoms with Crippen molar-refractivity contribution in [1.29, 1.82) is 0 Å². The minimum Gasteiger partial charge on any atom is -0.309 e. The Bertz CT molecular complexity index is 1250. The largest absolute Gasteiger partial charge is 0.309 e. The standard InChI is InChI=1S/C25H17N/c1-2-9-18-17(8-1)16-22-19(18)12-7-15-25(22)26-23-13-5-3-10-20(23)21-11-4-6-14-24(21)26/h1-15H,16H2. The fourth-order valence-electron chi connectivity index (χ4n) is 4.53. The van der Waals surface area contributed by atoms with Gasteiger partial charge in [0.1, 0.15) is 0 Å². The Labute approximate surface area is 152 Å². The van der Waals surface area contributed by atoms with E-state index < -0.39 is 0 Å². The summed E-state index contributed by atoms with van der Waals surface area (Å²) >= 11 is 0. The van der Waals surface area contributed by atoms with E-state index in [2.05, 4.69) is 95.6 Å².